The second-order valence-corrected chi connectivity index (χ2v) is 11.0. The Balaban J connectivity index is 1.51. The number of halogens is 1. The number of anilines is 1. The average molecular weight is 684 g/mol. The number of carbonyl (C=O) groups is 3. The lowest BCUT2D eigenvalue weighted by molar-refractivity contribution is -0.138. The first-order valence-corrected chi connectivity index (χ1v) is 15.4. The van der Waals surface area contributed by atoms with Crippen LogP contribution in [0.2, 0.25) is 5.02 Å². The Hall–Kier alpha value is -6.27. The Morgan fingerprint density at radius 1 is 1.06 bits per heavy atom. The predicted octanol–water partition coefficient (Wildman–Crippen LogP) is 3.14. The van der Waals surface area contributed by atoms with E-state index in [2.05, 4.69) is 47.1 Å². The van der Waals surface area contributed by atoms with Gasteiger partial charge >= 0.3 is 17.8 Å². The largest absolute Gasteiger partial charge is 0.425 e. The van der Waals surface area contributed by atoms with E-state index in [0.29, 0.717) is 34.3 Å². The van der Waals surface area contributed by atoms with Crippen LogP contribution >= 0.6 is 11.6 Å². The number of nitrogens with one attached hydrogen (secondary N) is 5. The lowest BCUT2D eigenvalue weighted by atomic mass is 10.0. The molecule has 0 aliphatic heterocycles. The minimum atomic E-state index is -1.13. The number of benzene rings is 3. The summed E-state index contributed by atoms with van der Waals surface area (Å²) in [4.78, 5) is 44.1. The van der Waals surface area contributed by atoms with Crippen molar-refractivity contribution in [2.45, 2.75) is 39.3 Å². The van der Waals surface area contributed by atoms with Crippen molar-refractivity contribution in [2.24, 2.45) is 4.99 Å². The van der Waals surface area contributed by atoms with Crippen molar-refractivity contribution >= 4 is 46.7 Å². The number of aromatic nitrogens is 4. The molecular weight excluding hydrogens is 650 g/mol. The summed E-state index contributed by atoms with van der Waals surface area (Å²) in [5.74, 6) is -2.09. The van der Waals surface area contributed by atoms with E-state index in [9.17, 15) is 14.4 Å². The van der Waals surface area contributed by atoms with E-state index in [0.717, 1.165) is 5.70 Å². The van der Waals surface area contributed by atoms with Gasteiger partial charge < -0.3 is 26.0 Å². The molecule has 0 fully saturated rings. The number of para-hydroxylation sites is 1. The molecular formula is C33H34ClN11O4. The van der Waals surface area contributed by atoms with Crippen molar-refractivity contribution in [1.29, 1.82) is 5.26 Å². The molecule has 1 heterocycles. The Morgan fingerprint density at radius 3 is 2.49 bits per heavy atom. The van der Waals surface area contributed by atoms with Crippen LogP contribution < -0.4 is 31.3 Å². The molecule has 4 aromatic rings. The van der Waals surface area contributed by atoms with E-state index < -0.39 is 23.8 Å². The maximum atomic E-state index is 13.5. The minimum absolute atomic E-state index is 0.0318. The summed E-state index contributed by atoms with van der Waals surface area (Å²) in [7, 11) is 0. The third-order valence-corrected chi connectivity index (χ3v) is 7.10. The molecule has 15 nitrogen and oxygen atoms in total. The van der Waals surface area contributed by atoms with Gasteiger partial charge in [-0.15, -0.1) is 5.10 Å². The van der Waals surface area contributed by atoms with Crippen molar-refractivity contribution in [3.8, 4) is 17.6 Å². The van der Waals surface area contributed by atoms with Crippen LogP contribution in [0.3, 0.4) is 0 Å². The molecule has 1 aromatic heterocycles. The van der Waals surface area contributed by atoms with Crippen molar-refractivity contribution in [3.05, 3.63) is 101 Å². The standard InChI is InChI=1S/C33H34ClN11O4/c1-4-21(2)36-18-22(3)39-30(46)28(42-32(48)31(47)41-27-17-24(34)12-15-29(27)45-20-38-43-44-45)16-23-10-13-25(14-11-23)40-33(37-19-35)49-26-8-6-5-7-9-26/h4-15,17,20,22,28,36H,16,18H2,1-3H3,(H,37,40)(H,39,46)(H,41,47)(H,42,48)/b21-4+/t22?,28-/m0/s1. The summed E-state index contributed by atoms with van der Waals surface area (Å²) >= 11 is 6.14. The molecule has 0 bridgehead atoms. The third-order valence-electron chi connectivity index (χ3n) is 6.87. The van der Waals surface area contributed by atoms with Crippen LogP contribution in [0.1, 0.15) is 26.3 Å². The highest BCUT2D eigenvalue weighted by molar-refractivity contribution is 6.40. The molecule has 0 aliphatic rings. The number of amidine groups is 1. The molecule has 0 aliphatic carbocycles. The number of allylic oxidation sites excluding steroid dienone is 2. The number of ether oxygens (including phenoxy) is 1. The first kappa shape index (κ1) is 35.6. The SMILES string of the molecule is C/C=C(\C)NCC(C)NC(=O)[C@H](Cc1ccc(N=C(NC#N)Oc2ccccc2)cc1)NC(=O)C(=O)Nc1cc(Cl)ccc1-n1cnnn1. The summed E-state index contributed by atoms with van der Waals surface area (Å²) in [6, 6.07) is 18.7. The van der Waals surface area contributed by atoms with Gasteiger partial charge in [-0.05, 0) is 79.2 Å². The van der Waals surface area contributed by atoms with E-state index >= 15 is 0 Å². The molecule has 1 unspecified atom stereocenters. The quantitative estimate of drug-likeness (QED) is 0.0486. The number of tetrazole rings is 1. The maximum Gasteiger partial charge on any atom is 0.313 e. The number of hydrogen-bond acceptors (Lipinski definition) is 10. The molecule has 0 saturated carbocycles. The summed E-state index contributed by atoms with van der Waals surface area (Å²) in [6.07, 6.45) is 5.07. The fourth-order valence-corrected chi connectivity index (χ4v) is 4.46. The first-order chi connectivity index (χ1) is 23.6. The van der Waals surface area contributed by atoms with Gasteiger partial charge in [0.2, 0.25) is 5.91 Å². The molecule has 252 valence electrons. The van der Waals surface area contributed by atoms with E-state index in [1.807, 2.05) is 32.9 Å². The molecule has 4 rings (SSSR count). The molecule has 0 spiro atoms. The van der Waals surface area contributed by atoms with Crippen molar-refractivity contribution in [2.75, 3.05) is 11.9 Å². The number of hydrogen-bond donors (Lipinski definition) is 5. The molecule has 0 radical (unpaired) electrons. The van der Waals surface area contributed by atoms with Gasteiger partial charge in [0.15, 0.2) is 6.19 Å². The number of nitrogens with zero attached hydrogens (tertiary/aromatic N) is 6. The third kappa shape index (κ3) is 10.9. The number of aliphatic imine (C=N–C) groups is 1. The molecule has 0 saturated heterocycles. The summed E-state index contributed by atoms with van der Waals surface area (Å²) in [5.41, 5.74) is 2.60. The zero-order valence-corrected chi connectivity index (χ0v) is 27.6. The highest BCUT2D eigenvalue weighted by Gasteiger charge is 2.26. The topological polar surface area (TPSA) is 200 Å². The fourth-order valence-electron chi connectivity index (χ4n) is 4.29. The zero-order valence-electron chi connectivity index (χ0n) is 26.8. The highest BCUT2D eigenvalue weighted by atomic mass is 35.5. The zero-order chi connectivity index (χ0) is 35.2. The lowest BCUT2D eigenvalue weighted by Gasteiger charge is -2.22. The average Bonchev–Trinajstić information content (AvgIpc) is 3.63. The van der Waals surface area contributed by atoms with Crippen LogP contribution in [0.4, 0.5) is 11.4 Å². The predicted molar refractivity (Wildman–Crippen MR) is 183 cm³/mol. The molecule has 5 N–H and O–H groups in total. The van der Waals surface area contributed by atoms with Gasteiger partial charge in [-0.25, -0.2) is 5.32 Å². The van der Waals surface area contributed by atoms with Crippen LogP contribution in [0.25, 0.3) is 5.69 Å². The first-order valence-electron chi connectivity index (χ1n) is 15.0. The van der Waals surface area contributed by atoms with Gasteiger partial charge in [-0.2, -0.15) is 14.9 Å². The van der Waals surface area contributed by atoms with Crippen LogP contribution in [0.15, 0.2) is 95.9 Å². The van der Waals surface area contributed by atoms with Gasteiger partial charge in [0, 0.05) is 29.7 Å². The lowest BCUT2D eigenvalue weighted by Crippen LogP contribution is -2.53. The van der Waals surface area contributed by atoms with E-state index in [1.54, 1.807) is 66.9 Å². The van der Waals surface area contributed by atoms with Crippen LogP contribution in [-0.2, 0) is 20.8 Å². The van der Waals surface area contributed by atoms with Gasteiger partial charge in [-0.3, -0.25) is 14.4 Å². The van der Waals surface area contributed by atoms with E-state index in [-0.39, 0.29) is 24.2 Å². The van der Waals surface area contributed by atoms with E-state index in [1.165, 1.54) is 17.1 Å². The van der Waals surface area contributed by atoms with Crippen LogP contribution in [0, 0.1) is 11.5 Å². The maximum absolute atomic E-state index is 13.5. The summed E-state index contributed by atoms with van der Waals surface area (Å²) in [6.45, 7) is 6.05. The van der Waals surface area contributed by atoms with Gasteiger partial charge in [0.05, 0.1) is 17.1 Å². The molecule has 3 amide bonds. The minimum Gasteiger partial charge on any atom is -0.425 e. The Labute approximate surface area is 287 Å². The van der Waals surface area contributed by atoms with Crippen molar-refractivity contribution in [1.82, 2.24) is 41.5 Å². The molecule has 2 atom stereocenters. The van der Waals surface area contributed by atoms with Crippen LogP contribution in [-0.4, -0.2) is 62.6 Å². The smallest absolute Gasteiger partial charge is 0.313 e. The van der Waals surface area contributed by atoms with Gasteiger partial charge in [0.1, 0.15) is 18.1 Å². The summed E-state index contributed by atoms with van der Waals surface area (Å²) < 4.78 is 6.96. The second-order valence-electron chi connectivity index (χ2n) is 10.6. The van der Waals surface area contributed by atoms with Crippen molar-refractivity contribution < 1.29 is 19.1 Å². The Morgan fingerprint density at radius 2 is 1.82 bits per heavy atom. The van der Waals surface area contributed by atoms with Crippen molar-refractivity contribution in [3.63, 3.8) is 0 Å². The van der Waals surface area contributed by atoms with Gasteiger partial charge in [-0.1, -0.05) is 48.0 Å². The Kier molecular flexibility index (Phi) is 12.8. The number of amides is 3. The van der Waals surface area contributed by atoms with E-state index in [4.69, 9.17) is 21.6 Å². The number of nitriles is 1. The number of rotatable bonds is 12. The highest BCUT2D eigenvalue weighted by Crippen LogP contribution is 2.24. The fraction of sp³-hybridized carbons (Fsp3) is 0.212. The molecule has 49 heavy (non-hydrogen) atoms. The normalized spacial score (nSPS) is 12.6. The monoisotopic (exact) mass is 683 g/mol. The molecule has 16 heteroatoms. The molecule has 3 aromatic carbocycles. The summed E-state index contributed by atoms with van der Waals surface area (Å²) in [5, 5.41) is 34.0. The second kappa shape index (κ2) is 17.6. The number of carbonyl (C=O) groups excluding carboxylic acids is 3. The Bertz CT molecular complexity index is 1840. The van der Waals surface area contributed by atoms with Gasteiger partial charge in [0.25, 0.3) is 0 Å². The van der Waals surface area contributed by atoms with Crippen LogP contribution in [0.5, 0.6) is 5.75 Å².